The van der Waals surface area contributed by atoms with Gasteiger partial charge in [-0.15, -0.1) is 0 Å². The molecule has 66 valence electrons. The number of rotatable bonds is 1. The summed E-state index contributed by atoms with van der Waals surface area (Å²) in [6.45, 7) is 0. The summed E-state index contributed by atoms with van der Waals surface area (Å²) in [6.07, 6.45) is 3.39. The molecule has 0 N–H and O–H groups in total. The summed E-state index contributed by atoms with van der Waals surface area (Å²) < 4.78 is 11.1. The van der Waals surface area contributed by atoms with Crippen molar-refractivity contribution in [3.63, 3.8) is 0 Å². The SMILES string of the molecule is O=S(Cl)c1cccc2cnccc12. The molecule has 0 bridgehead atoms. The van der Waals surface area contributed by atoms with E-state index >= 15 is 0 Å². The molecule has 1 atom stereocenters. The minimum Gasteiger partial charge on any atom is -0.264 e. The van der Waals surface area contributed by atoms with Crippen molar-refractivity contribution in [1.29, 1.82) is 0 Å². The van der Waals surface area contributed by atoms with E-state index in [1.165, 1.54) is 0 Å². The topological polar surface area (TPSA) is 30.0 Å². The Morgan fingerprint density at radius 3 is 2.92 bits per heavy atom. The van der Waals surface area contributed by atoms with Gasteiger partial charge in [-0.3, -0.25) is 4.98 Å². The number of fused-ring (bicyclic) bond motifs is 1. The van der Waals surface area contributed by atoms with Crippen molar-refractivity contribution < 1.29 is 4.21 Å². The molecule has 1 unspecified atom stereocenters. The van der Waals surface area contributed by atoms with Gasteiger partial charge in [0.2, 0.25) is 0 Å². The number of nitrogens with zero attached hydrogens (tertiary/aromatic N) is 1. The molecule has 0 saturated carbocycles. The Hall–Kier alpha value is -0.930. The summed E-state index contributed by atoms with van der Waals surface area (Å²) in [5.41, 5.74) is 0. The first kappa shape index (κ1) is 8.66. The van der Waals surface area contributed by atoms with Crippen LogP contribution in [0.2, 0.25) is 0 Å². The Labute approximate surface area is 82.5 Å². The first-order chi connectivity index (χ1) is 6.29. The van der Waals surface area contributed by atoms with E-state index in [1.807, 2.05) is 18.2 Å². The van der Waals surface area contributed by atoms with E-state index in [-0.39, 0.29) is 0 Å². The largest absolute Gasteiger partial charge is 0.264 e. The zero-order valence-corrected chi connectivity index (χ0v) is 8.18. The van der Waals surface area contributed by atoms with Crippen LogP contribution in [0.4, 0.5) is 0 Å². The predicted octanol–water partition coefficient (Wildman–Crippen LogP) is 2.50. The lowest BCUT2D eigenvalue weighted by Gasteiger charge is -2.00. The zero-order chi connectivity index (χ0) is 9.26. The number of halogens is 1. The van der Waals surface area contributed by atoms with Crippen molar-refractivity contribution in [2.45, 2.75) is 4.90 Å². The van der Waals surface area contributed by atoms with Crippen LogP contribution in [-0.2, 0) is 10.0 Å². The third-order valence-corrected chi connectivity index (χ3v) is 3.01. The van der Waals surface area contributed by atoms with Gasteiger partial charge in [-0.1, -0.05) is 12.1 Å². The average molecular weight is 212 g/mol. The highest BCUT2D eigenvalue weighted by atomic mass is 35.7. The maximum Gasteiger partial charge on any atom is 0.148 e. The van der Waals surface area contributed by atoms with Gasteiger partial charge in [0.05, 0.1) is 4.90 Å². The van der Waals surface area contributed by atoms with Crippen LogP contribution >= 0.6 is 10.7 Å². The van der Waals surface area contributed by atoms with E-state index in [2.05, 4.69) is 4.98 Å². The molecular formula is C9H6ClNOS. The van der Waals surface area contributed by atoms with E-state index in [9.17, 15) is 4.21 Å². The maximum absolute atomic E-state index is 11.1. The predicted molar refractivity (Wildman–Crippen MR) is 54.0 cm³/mol. The van der Waals surface area contributed by atoms with Crippen LogP contribution in [0.15, 0.2) is 41.6 Å². The summed E-state index contributed by atoms with van der Waals surface area (Å²) >= 11 is 0. The Morgan fingerprint density at radius 2 is 2.15 bits per heavy atom. The van der Waals surface area contributed by atoms with E-state index in [4.69, 9.17) is 10.7 Å². The third-order valence-electron chi connectivity index (χ3n) is 1.81. The van der Waals surface area contributed by atoms with Gasteiger partial charge >= 0.3 is 0 Å². The third kappa shape index (κ3) is 1.57. The van der Waals surface area contributed by atoms with Crippen LogP contribution in [0.5, 0.6) is 0 Å². The fraction of sp³-hybridized carbons (Fsp3) is 0. The lowest BCUT2D eigenvalue weighted by Crippen LogP contribution is -1.84. The molecule has 1 aromatic carbocycles. The van der Waals surface area contributed by atoms with E-state index in [0.717, 1.165) is 10.8 Å². The van der Waals surface area contributed by atoms with E-state index in [1.54, 1.807) is 18.5 Å². The molecular weight excluding hydrogens is 206 g/mol. The normalized spacial score (nSPS) is 13.0. The molecule has 0 aliphatic heterocycles. The van der Waals surface area contributed by atoms with Crippen LogP contribution in [0, 0.1) is 0 Å². The van der Waals surface area contributed by atoms with Crippen molar-refractivity contribution in [2.75, 3.05) is 0 Å². The highest BCUT2D eigenvalue weighted by molar-refractivity contribution is 8.08. The van der Waals surface area contributed by atoms with Gasteiger partial charge in [-0.05, 0) is 22.8 Å². The molecule has 0 fully saturated rings. The minimum atomic E-state index is -1.46. The zero-order valence-electron chi connectivity index (χ0n) is 6.61. The van der Waals surface area contributed by atoms with Crippen LogP contribution < -0.4 is 0 Å². The number of benzene rings is 1. The molecule has 0 aliphatic carbocycles. The molecule has 0 amide bonds. The average Bonchev–Trinajstić information content (AvgIpc) is 2.17. The first-order valence-electron chi connectivity index (χ1n) is 3.70. The van der Waals surface area contributed by atoms with Gasteiger partial charge in [0.25, 0.3) is 0 Å². The smallest absolute Gasteiger partial charge is 0.148 e. The van der Waals surface area contributed by atoms with Crippen LogP contribution in [-0.4, -0.2) is 9.19 Å². The molecule has 1 heterocycles. The van der Waals surface area contributed by atoms with E-state index in [0.29, 0.717) is 4.90 Å². The summed E-state index contributed by atoms with van der Waals surface area (Å²) in [5.74, 6) is 0. The van der Waals surface area contributed by atoms with Gasteiger partial charge in [-0.2, -0.15) is 0 Å². The first-order valence-corrected chi connectivity index (χ1v) is 5.67. The van der Waals surface area contributed by atoms with Crippen LogP contribution in [0.1, 0.15) is 0 Å². The highest BCUT2D eigenvalue weighted by Crippen LogP contribution is 2.21. The lowest BCUT2D eigenvalue weighted by atomic mass is 10.2. The second-order valence-electron chi connectivity index (χ2n) is 2.58. The standard InChI is InChI=1S/C9H6ClNOS/c10-13(12)9-3-1-2-7-6-11-5-4-8(7)9/h1-6H. The van der Waals surface area contributed by atoms with E-state index < -0.39 is 10.0 Å². The maximum atomic E-state index is 11.1. The van der Waals surface area contributed by atoms with Crippen molar-refractivity contribution in [1.82, 2.24) is 4.98 Å². The molecule has 13 heavy (non-hydrogen) atoms. The molecule has 2 rings (SSSR count). The van der Waals surface area contributed by atoms with Crippen molar-refractivity contribution in [3.05, 3.63) is 36.7 Å². The number of hydrogen-bond acceptors (Lipinski definition) is 2. The number of aromatic nitrogens is 1. The molecule has 0 aliphatic rings. The molecule has 0 spiro atoms. The highest BCUT2D eigenvalue weighted by Gasteiger charge is 2.04. The second kappa shape index (κ2) is 3.44. The van der Waals surface area contributed by atoms with Crippen molar-refractivity contribution in [2.24, 2.45) is 0 Å². The molecule has 2 aromatic rings. The monoisotopic (exact) mass is 211 g/mol. The van der Waals surface area contributed by atoms with Crippen LogP contribution in [0.3, 0.4) is 0 Å². The second-order valence-corrected chi connectivity index (χ2v) is 4.30. The van der Waals surface area contributed by atoms with Crippen molar-refractivity contribution in [3.8, 4) is 0 Å². The van der Waals surface area contributed by atoms with Gasteiger partial charge in [-0.25, -0.2) is 4.21 Å². The molecule has 0 radical (unpaired) electrons. The fourth-order valence-electron chi connectivity index (χ4n) is 1.23. The fourth-order valence-corrected chi connectivity index (χ4v) is 2.18. The Bertz CT molecular complexity index is 467. The molecule has 0 saturated heterocycles. The van der Waals surface area contributed by atoms with Gasteiger partial charge in [0, 0.05) is 23.2 Å². The quantitative estimate of drug-likeness (QED) is 0.679. The van der Waals surface area contributed by atoms with Gasteiger partial charge < -0.3 is 0 Å². The van der Waals surface area contributed by atoms with Gasteiger partial charge in [0.1, 0.15) is 10.0 Å². The molecule has 1 aromatic heterocycles. The van der Waals surface area contributed by atoms with Crippen molar-refractivity contribution >= 4 is 31.5 Å². The summed E-state index contributed by atoms with van der Waals surface area (Å²) in [7, 11) is 4.07. The Kier molecular flexibility index (Phi) is 2.29. The molecule has 4 heteroatoms. The number of hydrogen-bond donors (Lipinski definition) is 0. The minimum absolute atomic E-state index is 0.640. The van der Waals surface area contributed by atoms with Gasteiger partial charge in [0.15, 0.2) is 0 Å². The summed E-state index contributed by atoms with van der Waals surface area (Å²) in [4.78, 5) is 4.61. The number of pyridine rings is 1. The van der Waals surface area contributed by atoms with Crippen LogP contribution in [0.25, 0.3) is 10.8 Å². The summed E-state index contributed by atoms with van der Waals surface area (Å²) in [6, 6.07) is 7.30. The Balaban J connectivity index is 2.83. The molecule has 2 nitrogen and oxygen atoms in total. The summed E-state index contributed by atoms with van der Waals surface area (Å²) in [5, 5.41) is 1.85. The Morgan fingerprint density at radius 1 is 1.31 bits per heavy atom. The lowest BCUT2D eigenvalue weighted by molar-refractivity contribution is 0.691.